The molecule has 0 atom stereocenters. The van der Waals surface area contributed by atoms with Crippen LogP contribution in [0.2, 0.25) is 0 Å². The first kappa shape index (κ1) is 18.6. The molecule has 0 unspecified atom stereocenters. The number of rotatable bonds is 7. The molecule has 0 aliphatic rings. The monoisotopic (exact) mass is 343 g/mol. The van der Waals surface area contributed by atoms with Crippen LogP contribution in [0.25, 0.3) is 0 Å². The maximum Gasteiger partial charge on any atom is 0.341 e. The van der Waals surface area contributed by atoms with Gasteiger partial charge in [-0.05, 0) is 31.4 Å². The van der Waals surface area contributed by atoms with Crippen molar-refractivity contribution in [1.29, 1.82) is 0 Å². The molecule has 25 heavy (non-hydrogen) atoms. The lowest BCUT2D eigenvalue weighted by Gasteiger charge is -2.10. The predicted octanol–water partition coefficient (Wildman–Crippen LogP) is 2.67. The van der Waals surface area contributed by atoms with Crippen LogP contribution in [0, 0.1) is 6.92 Å². The van der Waals surface area contributed by atoms with E-state index in [4.69, 9.17) is 9.15 Å². The van der Waals surface area contributed by atoms with E-state index in [1.54, 1.807) is 20.0 Å². The van der Waals surface area contributed by atoms with Gasteiger partial charge in [0.1, 0.15) is 17.1 Å². The lowest BCUT2D eigenvalue weighted by molar-refractivity contribution is 0.0599. The zero-order valence-electron chi connectivity index (χ0n) is 15.0. The fourth-order valence-electron chi connectivity index (χ4n) is 2.48. The minimum atomic E-state index is -0.393. The topological polar surface area (TPSA) is 75.9 Å². The van der Waals surface area contributed by atoms with Gasteiger partial charge in [0, 0.05) is 13.6 Å². The van der Waals surface area contributed by atoms with Crippen molar-refractivity contribution >= 4 is 11.9 Å². The first-order chi connectivity index (χ1) is 12.1. The van der Waals surface area contributed by atoms with E-state index in [0.717, 1.165) is 19.4 Å². The summed E-state index contributed by atoms with van der Waals surface area (Å²) in [5.41, 5.74) is 1.78. The van der Waals surface area contributed by atoms with Crippen LogP contribution < -0.4 is 10.6 Å². The summed E-state index contributed by atoms with van der Waals surface area (Å²) in [5, 5.41) is 6.45. The second-order valence-corrected chi connectivity index (χ2v) is 5.62. The lowest BCUT2D eigenvalue weighted by Crippen LogP contribution is -2.37. The molecule has 0 fully saturated rings. The first-order valence-electron chi connectivity index (χ1n) is 8.30. The van der Waals surface area contributed by atoms with Crippen molar-refractivity contribution < 1.29 is 13.9 Å². The third-order valence-corrected chi connectivity index (χ3v) is 3.81. The number of benzene rings is 1. The summed E-state index contributed by atoms with van der Waals surface area (Å²) in [6.45, 7) is 3.00. The number of aryl methyl sites for hydroxylation is 2. The fourth-order valence-corrected chi connectivity index (χ4v) is 2.48. The third-order valence-electron chi connectivity index (χ3n) is 3.81. The Balaban J connectivity index is 1.76. The number of nitrogens with one attached hydrogen (secondary N) is 2. The maximum atomic E-state index is 11.6. The number of hydrogen-bond acceptors (Lipinski definition) is 4. The minimum Gasteiger partial charge on any atom is -0.465 e. The van der Waals surface area contributed by atoms with Crippen molar-refractivity contribution in [2.24, 2.45) is 4.99 Å². The molecule has 6 nitrogen and oxygen atoms in total. The van der Waals surface area contributed by atoms with Gasteiger partial charge in [-0.1, -0.05) is 30.3 Å². The van der Waals surface area contributed by atoms with Crippen molar-refractivity contribution in [1.82, 2.24) is 10.6 Å². The zero-order valence-corrected chi connectivity index (χ0v) is 15.0. The van der Waals surface area contributed by atoms with Crippen molar-refractivity contribution in [3.8, 4) is 0 Å². The van der Waals surface area contributed by atoms with Gasteiger partial charge in [-0.2, -0.15) is 0 Å². The SMILES string of the molecule is CN=C(NCCCc1ccccc1)NCc1cc(C(=O)OC)c(C)o1. The molecule has 2 N–H and O–H groups in total. The fraction of sp³-hybridized carbons (Fsp3) is 0.368. The molecule has 0 bridgehead atoms. The number of furan rings is 1. The van der Waals surface area contributed by atoms with E-state index in [9.17, 15) is 4.79 Å². The van der Waals surface area contributed by atoms with Gasteiger partial charge in [-0.15, -0.1) is 0 Å². The summed E-state index contributed by atoms with van der Waals surface area (Å²) in [6, 6.07) is 12.1. The minimum absolute atomic E-state index is 0.393. The Morgan fingerprint density at radius 3 is 2.68 bits per heavy atom. The van der Waals surface area contributed by atoms with Crippen molar-refractivity contribution in [2.75, 3.05) is 20.7 Å². The number of nitrogens with zero attached hydrogens (tertiary/aromatic N) is 1. The van der Waals surface area contributed by atoms with Crippen LogP contribution in [0.15, 0.2) is 45.8 Å². The zero-order chi connectivity index (χ0) is 18.1. The van der Waals surface area contributed by atoms with Crippen molar-refractivity contribution in [2.45, 2.75) is 26.3 Å². The van der Waals surface area contributed by atoms with E-state index in [0.29, 0.717) is 29.6 Å². The smallest absolute Gasteiger partial charge is 0.341 e. The van der Waals surface area contributed by atoms with Gasteiger partial charge in [0.25, 0.3) is 0 Å². The molecule has 0 aliphatic carbocycles. The first-order valence-corrected chi connectivity index (χ1v) is 8.30. The van der Waals surface area contributed by atoms with Gasteiger partial charge in [0.2, 0.25) is 0 Å². The molecule has 0 spiro atoms. The normalized spacial score (nSPS) is 11.2. The molecule has 1 aromatic heterocycles. The van der Waals surface area contributed by atoms with E-state index < -0.39 is 5.97 Å². The Morgan fingerprint density at radius 1 is 1.24 bits per heavy atom. The summed E-state index contributed by atoms with van der Waals surface area (Å²) in [4.78, 5) is 15.8. The molecule has 6 heteroatoms. The van der Waals surface area contributed by atoms with Crippen LogP contribution in [0.3, 0.4) is 0 Å². The molecule has 1 aromatic carbocycles. The van der Waals surface area contributed by atoms with Crippen LogP contribution in [-0.4, -0.2) is 32.6 Å². The second kappa shape index (κ2) is 9.52. The number of carbonyl (C=O) groups excluding carboxylic acids is 1. The standard InChI is InChI=1S/C19H25N3O3/c1-14-17(18(23)24-3)12-16(25-14)13-22-19(20-2)21-11-7-10-15-8-5-4-6-9-15/h4-6,8-9,12H,7,10-11,13H2,1-3H3,(H2,20,21,22). The molecule has 0 saturated carbocycles. The highest BCUT2D eigenvalue weighted by molar-refractivity contribution is 5.90. The Hall–Kier alpha value is -2.76. The molecular formula is C19H25N3O3. The molecular weight excluding hydrogens is 318 g/mol. The number of aliphatic imine (C=N–C) groups is 1. The molecule has 2 rings (SSSR count). The Kier molecular flexibility index (Phi) is 7.07. The molecule has 0 amide bonds. The number of ether oxygens (including phenoxy) is 1. The largest absolute Gasteiger partial charge is 0.465 e. The average Bonchev–Trinajstić information content (AvgIpc) is 3.02. The number of guanidine groups is 1. The highest BCUT2D eigenvalue weighted by atomic mass is 16.5. The van der Waals surface area contributed by atoms with E-state index in [1.807, 2.05) is 6.07 Å². The average molecular weight is 343 g/mol. The number of esters is 1. The van der Waals surface area contributed by atoms with Crippen LogP contribution in [0.1, 0.15) is 33.9 Å². The Labute approximate surface area is 148 Å². The molecule has 0 aliphatic heterocycles. The number of carbonyl (C=O) groups is 1. The van der Waals surface area contributed by atoms with Crippen molar-refractivity contribution in [3.63, 3.8) is 0 Å². The second-order valence-electron chi connectivity index (χ2n) is 5.62. The Bertz CT molecular complexity index is 708. The highest BCUT2D eigenvalue weighted by Gasteiger charge is 2.15. The van der Waals surface area contributed by atoms with Crippen LogP contribution in [0.5, 0.6) is 0 Å². The van der Waals surface area contributed by atoms with Gasteiger partial charge in [0.05, 0.1) is 13.7 Å². The van der Waals surface area contributed by atoms with Gasteiger partial charge in [0.15, 0.2) is 5.96 Å². The van der Waals surface area contributed by atoms with Gasteiger partial charge in [-0.3, -0.25) is 4.99 Å². The summed E-state index contributed by atoms with van der Waals surface area (Å²) in [6.07, 6.45) is 2.03. The highest BCUT2D eigenvalue weighted by Crippen LogP contribution is 2.15. The number of methoxy groups -OCH3 is 1. The predicted molar refractivity (Wildman–Crippen MR) is 97.7 cm³/mol. The summed E-state index contributed by atoms with van der Waals surface area (Å²) >= 11 is 0. The number of hydrogen-bond donors (Lipinski definition) is 2. The van der Waals surface area contributed by atoms with E-state index in [-0.39, 0.29) is 0 Å². The Morgan fingerprint density at radius 2 is 2.00 bits per heavy atom. The molecule has 134 valence electrons. The summed E-state index contributed by atoms with van der Waals surface area (Å²) < 4.78 is 10.3. The molecule has 0 radical (unpaired) electrons. The van der Waals surface area contributed by atoms with E-state index in [1.165, 1.54) is 12.7 Å². The van der Waals surface area contributed by atoms with Crippen molar-refractivity contribution in [3.05, 3.63) is 59.0 Å². The lowest BCUT2D eigenvalue weighted by atomic mass is 10.1. The van der Waals surface area contributed by atoms with Crippen LogP contribution in [0.4, 0.5) is 0 Å². The summed E-state index contributed by atoms with van der Waals surface area (Å²) in [5.74, 6) is 1.51. The van der Waals surface area contributed by atoms with E-state index >= 15 is 0 Å². The van der Waals surface area contributed by atoms with Gasteiger partial charge in [-0.25, -0.2) is 4.79 Å². The maximum absolute atomic E-state index is 11.6. The quantitative estimate of drug-likeness (QED) is 0.350. The molecule has 1 heterocycles. The van der Waals surface area contributed by atoms with Gasteiger partial charge < -0.3 is 19.8 Å². The van der Waals surface area contributed by atoms with Crippen LogP contribution >= 0.6 is 0 Å². The van der Waals surface area contributed by atoms with Crippen LogP contribution in [-0.2, 0) is 17.7 Å². The summed E-state index contributed by atoms with van der Waals surface area (Å²) in [7, 11) is 3.08. The third kappa shape index (κ3) is 5.67. The van der Waals surface area contributed by atoms with Gasteiger partial charge >= 0.3 is 5.97 Å². The van der Waals surface area contributed by atoms with E-state index in [2.05, 4.69) is 39.9 Å². The molecule has 0 saturated heterocycles. The molecule has 2 aromatic rings.